The van der Waals surface area contributed by atoms with Crippen LogP contribution in [-0.4, -0.2) is 31.4 Å². The first kappa shape index (κ1) is 27.5. The van der Waals surface area contributed by atoms with Gasteiger partial charge in [0.2, 0.25) is 5.43 Å². The molecule has 204 valence electrons. The second kappa shape index (κ2) is 12.3. The van der Waals surface area contributed by atoms with Crippen molar-refractivity contribution in [3.05, 3.63) is 93.5 Å². The Balaban J connectivity index is 1.80. The van der Waals surface area contributed by atoms with Gasteiger partial charge in [-0.2, -0.15) is 0 Å². The Morgan fingerprint density at radius 3 is 1.95 bits per heavy atom. The number of nitrogens with zero attached hydrogens (tertiary/aromatic N) is 1. The zero-order valence-corrected chi connectivity index (χ0v) is 22.3. The molecule has 0 bridgehead atoms. The van der Waals surface area contributed by atoms with Crippen LogP contribution >= 0.6 is 0 Å². The Bertz CT molecular complexity index is 1510. The summed E-state index contributed by atoms with van der Waals surface area (Å²) >= 11 is 0. The number of hydrogen-bond donors (Lipinski definition) is 0. The van der Waals surface area contributed by atoms with E-state index in [-0.39, 0.29) is 47.8 Å². The summed E-state index contributed by atoms with van der Waals surface area (Å²) in [6.07, 6.45) is 1.32. The highest BCUT2D eigenvalue weighted by atomic mass is 19.1. The van der Waals surface area contributed by atoms with Crippen molar-refractivity contribution in [1.82, 2.24) is 4.57 Å². The number of rotatable bonds is 11. The van der Waals surface area contributed by atoms with Crippen LogP contribution in [0.3, 0.4) is 0 Å². The molecule has 0 radical (unpaired) electrons. The van der Waals surface area contributed by atoms with Crippen LogP contribution < -0.4 is 24.4 Å². The van der Waals surface area contributed by atoms with Crippen LogP contribution in [0.25, 0.3) is 10.9 Å². The molecule has 8 nitrogen and oxygen atoms in total. The molecule has 3 aromatic carbocycles. The summed E-state index contributed by atoms with van der Waals surface area (Å²) in [6, 6.07) is 15.8. The highest BCUT2D eigenvalue weighted by molar-refractivity contribution is 5.95. The predicted octanol–water partition coefficient (Wildman–Crippen LogP) is 5.51. The lowest BCUT2D eigenvalue weighted by Gasteiger charge is -2.18. The minimum absolute atomic E-state index is 0.0112. The molecule has 0 saturated heterocycles. The number of ether oxygens (including phenoxy) is 5. The van der Waals surface area contributed by atoms with Crippen molar-refractivity contribution in [1.29, 1.82) is 0 Å². The standard InChI is InChI=1S/C30H30FNO7/c1-5-32-16-24(30(34)37-6-2)28(33)23-15-25(38-17-19-7-11-21(35-3)12-8-19)29(26(31)27(23)32)39-18-20-9-13-22(36-4)14-10-20/h7-16H,5-6,17-18H2,1-4H3. The van der Waals surface area contributed by atoms with E-state index in [0.717, 1.165) is 11.1 Å². The number of esters is 1. The van der Waals surface area contributed by atoms with Crippen molar-refractivity contribution in [3.8, 4) is 23.0 Å². The molecule has 0 saturated carbocycles. The second-order valence-corrected chi connectivity index (χ2v) is 8.57. The van der Waals surface area contributed by atoms with Crippen molar-refractivity contribution >= 4 is 16.9 Å². The molecule has 0 spiro atoms. The van der Waals surface area contributed by atoms with E-state index in [2.05, 4.69) is 0 Å². The fourth-order valence-electron chi connectivity index (χ4n) is 4.08. The average molecular weight is 536 g/mol. The Morgan fingerprint density at radius 2 is 1.44 bits per heavy atom. The third-order valence-corrected chi connectivity index (χ3v) is 6.15. The zero-order valence-electron chi connectivity index (χ0n) is 22.3. The molecule has 9 heteroatoms. The fraction of sp³-hybridized carbons (Fsp3) is 0.267. The van der Waals surface area contributed by atoms with Gasteiger partial charge < -0.3 is 28.3 Å². The van der Waals surface area contributed by atoms with Gasteiger partial charge in [0.15, 0.2) is 17.3 Å². The number of halogens is 1. The molecule has 0 aliphatic carbocycles. The van der Waals surface area contributed by atoms with Crippen LogP contribution in [0.5, 0.6) is 23.0 Å². The maximum atomic E-state index is 16.2. The van der Waals surface area contributed by atoms with Crippen molar-refractivity contribution in [2.24, 2.45) is 0 Å². The van der Waals surface area contributed by atoms with Crippen molar-refractivity contribution in [2.75, 3.05) is 20.8 Å². The highest BCUT2D eigenvalue weighted by Gasteiger charge is 2.24. The number of carbonyl (C=O) groups excluding carboxylic acids is 1. The quantitative estimate of drug-likeness (QED) is 0.234. The van der Waals surface area contributed by atoms with Gasteiger partial charge in [0, 0.05) is 12.7 Å². The van der Waals surface area contributed by atoms with E-state index < -0.39 is 17.2 Å². The monoisotopic (exact) mass is 535 g/mol. The topological polar surface area (TPSA) is 85.2 Å². The molecule has 0 amide bonds. The SMILES string of the molecule is CCOC(=O)c1cn(CC)c2c(F)c(OCc3ccc(OC)cc3)c(OCc3ccc(OC)cc3)cc2c1=O. The predicted molar refractivity (Wildman–Crippen MR) is 144 cm³/mol. The molecular weight excluding hydrogens is 505 g/mol. The van der Waals surface area contributed by atoms with E-state index in [0.29, 0.717) is 18.0 Å². The number of aromatic nitrogens is 1. The molecule has 1 aromatic heterocycles. The van der Waals surface area contributed by atoms with Crippen LogP contribution in [0.1, 0.15) is 35.3 Å². The molecular formula is C30H30FNO7. The first-order valence-corrected chi connectivity index (χ1v) is 12.5. The Hall–Kier alpha value is -4.53. The summed E-state index contributed by atoms with van der Waals surface area (Å²) in [5.74, 6) is -0.274. The van der Waals surface area contributed by atoms with E-state index in [1.54, 1.807) is 52.3 Å². The lowest BCUT2D eigenvalue weighted by molar-refractivity contribution is 0.0524. The summed E-state index contributed by atoms with van der Waals surface area (Å²) in [7, 11) is 3.15. The van der Waals surface area contributed by atoms with Gasteiger partial charge >= 0.3 is 5.97 Å². The summed E-state index contributed by atoms with van der Waals surface area (Å²) < 4.78 is 45.0. The number of hydrogen-bond acceptors (Lipinski definition) is 7. The number of fused-ring (bicyclic) bond motifs is 1. The molecule has 0 atom stereocenters. The third-order valence-electron chi connectivity index (χ3n) is 6.15. The van der Waals surface area contributed by atoms with Crippen LogP contribution in [0.15, 0.2) is 65.6 Å². The summed E-state index contributed by atoms with van der Waals surface area (Å²) in [5.41, 5.74) is 0.754. The number of aryl methyl sites for hydroxylation is 1. The van der Waals surface area contributed by atoms with Gasteiger partial charge in [-0.25, -0.2) is 9.18 Å². The van der Waals surface area contributed by atoms with E-state index in [9.17, 15) is 9.59 Å². The van der Waals surface area contributed by atoms with Gasteiger partial charge in [0.25, 0.3) is 0 Å². The van der Waals surface area contributed by atoms with E-state index in [1.807, 2.05) is 24.3 Å². The molecule has 0 aliphatic heterocycles. The second-order valence-electron chi connectivity index (χ2n) is 8.57. The maximum Gasteiger partial charge on any atom is 0.343 e. The van der Waals surface area contributed by atoms with Crippen LogP contribution in [0.4, 0.5) is 4.39 Å². The summed E-state index contributed by atoms with van der Waals surface area (Å²) in [6.45, 7) is 3.95. The van der Waals surface area contributed by atoms with Crippen molar-refractivity contribution in [2.45, 2.75) is 33.6 Å². The normalized spacial score (nSPS) is 10.8. The van der Waals surface area contributed by atoms with Gasteiger partial charge in [-0.1, -0.05) is 24.3 Å². The first-order valence-electron chi connectivity index (χ1n) is 12.5. The average Bonchev–Trinajstić information content (AvgIpc) is 2.96. The maximum absolute atomic E-state index is 16.2. The minimum atomic E-state index is -0.771. The molecule has 0 fully saturated rings. The molecule has 4 rings (SSSR count). The largest absolute Gasteiger partial charge is 0.497 e. The van der Waals surface area contributed by atoms with E-state index in [4.69, 9.17) is 23.7 Å². The van der Waals surface area contributed by atoms with Crippen LogP contribution in [0.2, 0.25) is 0 Å². The zero-order chi connectivity index (χ0) is 27.9. The number of benzene rings is 3. The third kappa shape index (κ3) is 5.98. The first-order chi connectivity index (χ1) is 18.9. The van der Waals surface area contributed by atoms with Gasteiger partial charge in [0.05, 0.1) is 31.7 Å². The van der Waals surface area contributed by atoms with Gasteiger partial charge in [-0.3, -0.25) is 4.79 Å². The smallest absolute Gasteiger partial charge is 0.343 e. The van der Waals surface area contributed by atoms with E-state index >= 15 is 4.39 Å². The molecule has 0 aliphatic rings. The Labute approximate surface area is 225 Å². The lowest BCUT2D eigenvalue weighted by atomic mass is 10.1. The van der Waals surface area contributed by atoms with Gasteiger partial charge in [-0.05, 0) is 55.3 Å². The van der Waals surface area contributed by atoms with E-state index in [1.165, 1.54) is 16.8 Å². The van der Waals surface area contributed by atoms with Crippen LogP contribution in [-0.2, 0) is 24.5 Å². The highest BCUT2D eigenvalue weighted by Crippen LogP contribution is 2.37. The molecule has 0 N–H and O–H groups in total. The summed E-state index contributed by atoms with van der Waals surface area (Å²) in [4.78, 5) is 25.8. The Kier molecular flexibility index (Phi) is 8.70. The number of methoxy groups -OCH3 is 2. The van der Waals surface area contributed by atoms with Gasteiger partial charge in [-0.15, -0.1) is 0 Å². The molecule has 1 heterocycles. The lowest BCUT2D eigenvalue weighted by Crippen LogP contribution is -2.21. The Morgan fingerprint density at radius 1 is 0.872 bits per heavy atom. The number of pyridine rings is 1. The summed E-state index contributed by atoms with van der Waals surface area (Å²) in [5, 5.41) is -0.0126. The van der Waals surface area contributed by atoms with Crippen molar-refractivity contribution < 1.29 is 32.9 Å². The van der Waals surface area contributed by atoms with Crippen LogP contribution in [0, 0.1) is 5.82 Å². The van der Waals surface area contributed by atoms with Gasteiger partial charge in [0.1, 0.15) is 30.3 Å². The molecule has 0 unspecified atom stereocenters. The molecule has 4 aromatic rings. The molecule has 39 heavy (non-hydrogen) atoms. The minimum Gasteiger partial charge on any atom is -0.497 e. The fourth-order valence-corrected chi connectivity index (χ4v) is 4.08. The number of carbonyl (C=O) groups is 1. The van der Waals surface area contributed by atoms with Crippen molar-refractivity contribution in [3.63, 3.8) is 0 Å².